The zero-order chi connectivity index (χ0) is 27.0. The van der Waals surface area contributed by atoms with E-state index in [0.717, 1.165) is 13.3 Å². The monoisotopic (exact) mass is 324 g/mol. The van der Waals surface area contributed by atoms with Gasteiger partial charge >= 0.3 is 5.91 Å². The number of hydrogen-bond acceptors (Lipinski definition) is 4. The third-order valence-electron chi connectivity index (χ3n) is 3.20. The first-order valence-corrected chi connectivity index (χ1v) is 6.48. The summed E-state index contributed by atoms with van der Waals surface area (Å²) in [6.45, 7) is -6.31. The maximum atomic E-state index is 12.9. The highest BCUT2D eigenvalue weighted by Gasteiger charge is 2.33. The van der Waals surface area contributed by atoms with Crippen LogP contribution in [0.5, 0.6) is 0 Å². The van der Waals surface area contributed by atoms with E-state index in [0.29, 0.717) is 4.90 Å². The molecule has 120 valence electrons. The van der Waals surface area contributed by atoms with Gasteiger partial charge in [-0.25, -0.2) is 16.5 Å². The van der Waals surface area contributed by atoms with Crippen LogP contribution >= 0.6 is 0 Å². The summed E-state index contributed by atoms with van der Waals surface area (Å²) in [5.74, 6) is -5.43. The number of anilines is 1. The van der Waals surface area contributed by atoms with Gasteiger partial charge in [-0.2, -0.15) is 0 Å². The Morgan fingerprint density at radius 3 is 3.43 bits per heavy atom. The number of nitrogens with one attached hydrogen (secondary N) is 1. The van der Waals surface area contributed by atoms with E-state index in [-0.39, 0.29) is 11.0 Å². The molecule has 0 aromatic carbocycles. The van der Waals surface area contributed by atoms with Crippen LogP contribution < -0.4 is 4.90 Å². The second kappa shape index (κ2) is 6.24. The summed E-state index contributed by atoms with van der Waals surface area (Å²) in [5, 5.41) is 0.0544. The number of carbonyl (C=O) groups is 1. The van der Waals surface area contributed by atoms with Gasteiger partial charge in [0.2, 0.25) is 0 Å². The van der Waals surface area contributed by atoms with Crippen molar-refractivity contribution < 1.29 is 21.2 Å². The summed E-state index contributed by atoms with van der Waals surface area (Å²) in [7, 11) is 0. The highest BCUT2D eigenvalue weighted by atomic mass is 16.2. The van der Waals surface area contributed by atoms with E-state index in [2.05, 4.69) is 19.8 Å². The Kier molecular flexibility index (Phi) is 1.76. The van der Waals surface area contributed by atoms with Gasteiger partial charge < -0.3 is 19.6 Å². The zero-order valence-electron chi connectivity index (χ0n) is 24.0. The van der Waals surface area contributed by atoms with Crippen LogP contribution in [0.25, 0.3) is 15.9 Å². The van der Waals surface area contributed by atoms with Gasteiger partial charge in [0.25, 0.3) is 6.50 Å². The predicted octanol–water partition coefficient (Wildman–Crippen LogP) is 1.55. The standard InChI is InChI=1S/C16H20N6O/c1-11-5-7-22(14(23)8-17-2)9-13(11)21(3)16-12-4-6-18-15(12)19-10-20-16/h4,6,10-11,13H,5,7-9H2,1,3H3,(H,18,19,20)/t11-,13+/m1/s1/i3D3,5D2,7D2,8D2,9D2,11D. The molecule has 1 aliphatic rings. The first-order valence-electron chi connectivity index (χ1n) is 12.5. The molecule has 3 heterocycles. The van der Waals surface area contributed by atoms with E-state index < -0.39 is 61.4 Å². The molecule has 0 saturated carbocycles. The summed E-state index contributed by atoms with van der Waals surface area (Å²) in [6.07, 6.45) is -1.15. The smallest absolute Gasteiger partial charge is 0.302 e. The molecule has 0 spiro atoms. The number of amides is 1. The fourth-order valence-corrected chi connectivity index (χ4v) is 2.10. The number of carbonyl (C=O) groups excluding carboxylic acids is 1. The number of rotatable bonds is 3. The number of aromatic nitrogens is 3. The average Bonchev–Trinajstić information content (AvgIpc) is 3.18. The zero-order valence-corrected chi connectivity index (χ0v) is 12.0. The number of H-pyrrole nitrogens is 1. The Hall–Kier alpha value is -2.62. The first-order chi connectivity index (χ1) is 15.7. The molecular formula is C16H20N6O. The topological polar surface area (TPSA) is 69.5 Å². The van der Waals surface area contributed by atoms with Crippen molar-refractivity contribution in [3.05, 3.63) is 30.0 Å². The molecule has 2 aromatic rings. The fraction of sp³-hybridized carbons (Fsp3) is 0.500. The van der Waals surface area contributed by atoms with Crippen LogP contribution in [0.3, 0.4) is 0 Å². The minimum absolute atomic E-state index is 0.0544. The molecule has 0 bridgehead atoms. The molecule has 0 radical (unpaired) electrons. The number of likely N-dealkylation sites (tertiary alicyclic amines) is 1. The fourth-order valence-electron chi connectivity index (χ4n) is 2.10. The molecule has 1 N–H and O–H groups in total. The van der Waals surface area contributed by atoms with Gasteiger partial charge in [-0.05, 0) is 18.3 Å². The van der Waals surface area contributed by atoms with Gasteiger partial charge in [0, 0.05) is 37.1 Å². The molecule has 2 aromatic heterocycles. The Labute approximate surface area is 152 Å². The van der Waals surface area contributed by atoms with Crippen LogP contribution in [0.15, 0.2) is 18.6 Å². The molecule has 1 aliphatic heterocycles. The van der Waals surface area contributed by atoms with Crippen molar-refractivity contribution in [1.29, 1.82) is 0 Å². The van der Waals surface area contributed by atoms with Crippen LogP contribution in [0.4, 0.5) is 5.82 Å². The van der Waals surface area contributed by atoms with Crippen LogP contribution in [-0.2, 0) is 4.79 Å². The van der Waals surface area contributed by atoms with Crippen molar-refractivity contribution in [2.24, 2.45) is 5.89 Å². The van der Waals surface area contributed by atoms with E-state index in [9.17, 15) is 4.79 Å². The third kappa shape index (κ3) is 2.84. The molecule has 23 heavy (non-hydrogen) atoms. The van der Waals surface area contributed by atoms with Crippen LogP contribution in [0, 0.1) is 12.5 Å². The summed E-state index contributed by atoms with van der Waals surface area (Å²) in [5.41, 5.74) is 0.128. The maximum absolute atomic E-state index is 12.9. The van der Waals surface area contributed by atoms with Gasteiger partial charge in [0.1, 0.15) is 20.5 Å². The number of nitrogens with zero attached hydrogens (tertiary/aromatic N) is 5. The molecule has 2 atom stereocenters. The number of likely N-dealkylation sites (N-methyl/N-ethyl adjacent to an activating group) is 1. The molecule has 1 saturated heterocycles. The largest absolute Gasteiger partial charge is 0.354 e. The number of hydrogen-bond donors (Lipinski definition) is 1. The van der Waals surface area contributed by atoms with Gasteiger partial charge in [-0.15, -0.1) is 0 Å². The van der Waals surface area contributed by atoms with Crippen LogP contribution in [-0.4, -0.2) is 58.3 Å². The summed E-state index contributed by atoms with van der Waals surface area (Å²) < 4.78 is 99.0. The minimum atomic E-state index is -3.67. The molecule has 1 amide bonds. The second-order valence-corrected chi connectivity index (χ2v) is 4.62. The highest BCUT2D eigenvalue weighted by molar-refractivity contribution is 5.87. The molecule has 7 heteroatoms. The molecule has 7 nitrogen and oxygen atoms in total. The van der Waals surface area contributed by atoms with Gasteiger partial charge in [-0.1, -0.05) is 6.92 Å². The first kappa shape index (κ1) is 6.48. The predicted molar refractivity (Wildman–Crippen MR) is 87.9 cm³/mol. The molecule has 3 rings (SSSR count). The number of fused-ring (bicyclic) bond motifs is 1. The molecular weight excluding hydrogens is 292 g/mol. The quantitative estimate of drug-likeness (QED) is 0.870. The van der Waals surface area contributed by atoms with Crippen molar-refractivity contribution >= 4 is 22.8 Å². The Morgan fingerprint density at radius 2 is 2.65 bits per heavy atom. The van der Waals surface area contributed by atoms with Gasteiger partial charge in [0.15, 0.2) is 0 Å². The van der Waals surface area contributed by atoms with E-state index in [1.807, 2.05) is 0 Å². The molecule has 0 aliphatic carbocycles. The lowest BCUT2D eigenvalue weighted by atomic mass is 9.92. The molecule has 0 unspecified atom stereocenters. The number of aromatic amines is 1. The van der Waals surface area contributed by atoms with Gasteiger partial charge in [-0.3, -0.25) is 4.79 Å². The average molecular weight is 324 g/mol. The minimum Gasteiger partial charge on any atom is -0.354 e. The van der Waals surface area contributed by atoms with Crippen molar-refractivity contribution in [2.75, 3.05) is 31.4 Å². The lowest BCUT2D eigenvalue weighted by molar-refractivity contribution is -0.130. The summed E-state index contributed by atoms with van der Waals surface area (Å²) >= 11 is 0. The van der Waals surface area contributed by atoms with Crippen LogP contribution in [0.1, 0.15) is 29.7 Å². The SMILES string of the molecule is [2H]C([2H])([N+]#[C-])C(=O)N1C([2H])([2H])[C@H](N(c2ncnc3[nH]ccc23)C([2H])([2H])[2H])[C@]([2H])(C)C([2H])([2H])C1([2H])[2H]. The summed E-state index contributed by atoms with van der Waals surface area (Å²) in [6, 6.07) is -1.11. The summed E-state index contributed by atoms with van der Waals surface area (Å²) in [4.78, 5) is 25.8. The van der Waals surface area contributed by atoms with E-state index in [1.165, 1.54) is 12.3 Å². The highest BCUT2D eigenvalue weighted by Crippen LogP contribution is 2.28. The Morgan fingerprint density at radius 1 is 1.78 bits per heavy atom. The van der Waals surface area contributed by atoms with Gasteiger partial charge in [0.05, 0.1) is 14.2 Å². The lowest BCUT2D eigenvalue weighted by Crippen LogP contribution is -2.53. The molecule has 1 fully saturated rings. The lowest BCUT2D eigenvalue weighted by Gasteiger charge is -2.41. The Bertz CT molecular complexity index is 1200. The number of piperidine rings is 1. The van der Waals surface area contributed by atoms with Crippen molar-refractivity contribution in [3.63, 3.8) is 0 Å². The normalized spacial score (nSPS) is 39.8. The van der Waals surface area contributed by atoms with E-state index in [1.54, 1.807) is 0 Å². The van der Waals surface area contributed by atoms with Crippen molar-refractivity contribution in [3.8, 4) is 0 Å². The maximum Gasteiger partial charge on any atom is 0.302 e. The van der Waals surface area contributed by atoms with Crippen LogP contribution in [0.2, 0.25) is 0 Å². The Balaban J connectivity index is 2.42. The van der Waals surface area contributed by atoms with Crippen molar-refractivity contribution in [1.82, 2.24) is 19.9 Å². The van der Waals surface area contributed by atoms with Crippen molar-refractivity contribution in [2.45, 2.75) is 19.3 Å². The van der Waals surface area contributed by atoms with E-state index >= 15 is 0 Å². The van der Waals surface area contributed by atoms with E-state index in [4.69, 9.17) is 23.0 Å². The second-order valence-electron chi connectivity index (χ2n) is 4.62. The third-order valence-corrected chi connectivity index (χ3v) is 3.20.